The maximum absolute atomic E-state index is 13.8. The number of nitrogens with one attached hydrogen (secondary N) is 1. The Labute approximate surface area is 168 Å². The molecule has 2 heterocycles. The van der Waals surface area contributed by atoms with Crippen molar-refractivity contribution in [2.45, 2.75) is 18.9 Å². The number of aliphatic imine (C=N–C) groups is 1. The van der Waals surface area contributed by atoms with Crippen LogP contribution in [0.5, 0.6) is 5.88 Å². The summed E-state index contributed by atoms with van der Waals surface area (Å²) in [5.74, 6) is 0.125. The number of nitrogens with zero attached hydrogens (tertiary/aromatic N) is 2. The third-order valence-electron chi connectivity index (χ3n) is 4.07. The summed E-state index contributed by atoms with van der Waals surface area (Å²) < 4.78 is 38.8. The Kier molecular flexibility index (Phi) is 5.90. The molecule has 0 radical (unpaired) electrons. The largest absolute Gasteiger partial charge is 0.418 e. The smallest absolute Gasteiger partial charge is 0.391 e. The fourth-order valence-electron chi connectivity index (χ4n) is 2.75. The van der Waals surface area contributed by atoms with Gasteiger partial charge >= 0.3 is 6.09 Å². The molecule has 1 aromatic heterocycles. The van der Waals surface area contributed by atoms with Gasteiger partial charge in [0.1, 0.15) is 12.4 Å². The van der Waals surface area contributed by atoms with Crippen molar-refractivity contribution in [3.05, 3.63) is 52.1 Å². The number of aromatic nitrogens is 1. The summed E-state index contributed by atoms with van der Waals surface area (Å²) in [7, 11) is 0. The van der Waals surface area contributed by atoms with Crippen LogP contribution in [0.1, 0.15) is 11.1 Å². The lowest BCUT2D eigenvalue weighted by Crippen LogP contribution is -2.44. The van der Waals surface area contributed by atoms with Crippen molar-refractivity contribution in [2.24, 2.45) is 10.7 Å². The number of carbonyl (C=O) groups is 1. The second-order valence-electron chi connectivity index (χ2n) is 6.19. The molecule has 10 heteroatoms. The topological polar surface area (TPSA) is 98.8 Å². The standard InChI is InChI=1S/C18H17BrF2N4O3/c1-10-5-12(19)7-23-15(10)28-17(26)24-13-4-2-3-11(6-13)18(16(20)21)9-27-8-14(22)25-18/h2-7,16H,8-9H2,1H3,(H2,22,25)(H,24,26). The van der Waals surface area contributed by atoms with Crippen molar-refractivity contribution in [3.8, 4) is 5.88 Å². The van der Waals surface area contributed by atoms with Gasteiger partial charge in [-0.3, -0.25) is 10.3 Å². The van der Waals surface area contributed by atoms with Crippen molar-refractivity contribution in [1.82, 2.24) is 4.98 Å². The molecular weight excluding hydrogens is 438 g/mol. The molecule has 3 N–H and O–H groups in total. The van der Waals surface area contributed by atoms with Crippen LogP contribution in [0.4, 0.5) is 19.3 Å². The van der Waals surface area contributed by atoms with Crippen LogP contribution in [-0.2, 0) is 10.3 Å². The van der Waals surface area contributed by atoms with Crippen LogP contribution in [0.15, 0.2) is 46.0 Å². The average Bonchev–Trinajstić information content (AvgIpc) is 2.64. The lowest BCUT2D eigenvalue weighted by molar-refractivity contribution is -0.0129. The molecule has 0 saturated heterocycles. The number of pyridine rings is 1. The fraction of sp³-hybridized carbons (Fsp3) is 0.278. The summed E-state index contributed by atoms with van der Waals surface area (Å²) in [6.07, 6.45) is -2.15. The number of alkyl halides is 2. The molecule has 7 nitrogen and oxygen atoms in total. The minimum Gasteiger partial charge on any atom is -0.391 e. The second-order valence-corrected chi connectivity index (χ2v) is 7.11. The number of hydrogen-bond acceptors (Lipinski definition) is 6. The monoisotopic (exact) mass is 454 g/mol. The molecular formula is C18H17BrF2N4O3. The van der Waals surface area contributed by atoms with Crippen LogP contribution < -0.4 is 15.8 Å². The van der Waals surface area contributed by atoms with Gasteiger partial charge in [0, 0.05) is 21.9 Å². The first-order chi connectivity index (χ1) is 13.3. The van der Waals surface area contributed by atoms with E-state index in [0.29, 0.717) is 5.56 Å². The highest BCUT2D eigenvalue weighted by Crippen LogP contribution is 2.36. The summed E-state index contributed by atoms with van der Waals surface area (Å²) in [6, 6.07) is 7.69. The Morgan fingerprint density at radius 3 is 2.89 bits per heavy atom. The van der Waals surface area contributed by atoms with E-state index in [-0.39, 0.29) is 36.2 Å². The maximum Gasteiger partial charge on any atom is 0.418 e. The van der Waals surface area contributed by atoms with Crippen LogP contribution >= 0.6 is 15.9 Å². The van der Waals surface area contributed by atoms with Gasteiger partial charge in [0.25, 0.3) is 6.43 Å². The number of hydrogen-bond donors (Lipinski definition) is 2. The van der Waals surface area contributed by atoms with E-state index in [1.165, 1.54) is 24.4 Å². The molecule has 0 aliphatic carbocycles. The van der Waals surface area contributed by atoms with Gasteiger partial charge in [-0.05, 0) is 46.6 Å². The number of amides is 1. The summed E-state index contributed by atoms with van der Waals surface area (Å²) in [5, 5.41) is 2.50. The van der Waals surface area contributed by atoms with Crippen molar-refractivity contribution >= 4 is 33.5 Å². The molecule has 1 amide bonds. The predicted molar refractivity (Wildman–Crippen MR) is 103 cm³/mol. The average molecular weight is 455 g/mol. The van der Waals surface area contributed by atoms with Gasteiger partial charge in [0.2, 0.25) is 5.88 Å². The molecule has 2 aromatic rings. The number of amidine groups is 1. The van der Waals surface area contributed by atoms with E-state index in [0.717, 1.165) is 4.47 Å². The molecule has 3 rings (SSSR count). The van der Waals surface area contributed by atoms with Crippen LogP contribution in [0.2, 0.25) is 0 Å². The molecule has 28 heavy (non-hydrogen) atoms. The Morgan fingerprint density at radius 1 is 1.43 bits per heavy atom. The summed E-state index contributed by atoms with van der Waals surface area (Å²) in [6.45, 7) is 1.42. The van der Waals surface area contributed by atoms with E-state index in [2.05, 4.69) is 31.2 Å². The zero-order chi connectivity index (χ0) is 20.3. The fourth-order valence-corrected chi connectivity index (χ4v) is 3.20. The molecule has 1 aromatic carbocycles. The third kappa shape index (κ3) is 4.28. The Balaban J connectivity index is 1.81. The molecule has 0 fully saturated rings. The zero-order valence-corrected chi connectivity index (χ0v) is 16.4. The number of anilines is 1. The zero-order valence-electron chi connectivity index (χ0n) is 14.8. The number of carbonyl (C=O) groups excluding carboxylic acids is 1. The van der Waals surface area contributed by atoms with Gasteiger partial charge in [-0.15, -0.1) is 0 Å². The van der Waals surface area contributed by atoms with Crippen molar-refractivity contribution in [1.29, 1.82) is 0 Å². The minimum atomic E-state index is -2.84. The first kappa shape index (κ1) is 20.2. The predicted octanol–water partition coefficient (Wildman–Crippen LogP) is 3.61. The van der Waals surface area contributed by atoms with E-state index in [1.54, 1.807) is 19.1 Å². The van der Waals surface area contributed by atoms with E-state index in [9.17, 15) is 13.6 Å². The van der Waals surface area contributed by atoms with Crippen molar-refractivity contribution in [2.75, 3.05) is 18.5 Å². The summed E-state index contributed by atoms with van der Waals surface area (Å²) in [4.78, 5) is 20.1. The molecule has 0 bridgehead atoms. The first-order valence-electron chi connectivity index (χ1n) is 8.22. The number of rotatable bonds is 4. The van der Waals surface area contributed by atoms with Gasteiger partial charge in [-0.2, -0.15) is 0 Å². The lowest BCUT2D eigenvalue weighted by Gasteiger charge is -2.33. The van der Waals surface area contributed by atoms with Gasteiger partial charge in [-0.1, -0.05) is 12.1 Å². The lowest BCUT2D eigenvalue weighted by atomic mass is 9.90. The molecule has 148 valence electrons. The van der Waals surface area contributed by atoms with Gasteiger partial charge < -0.3 is 15.2 Å². The van der Waals surface area contributed by atoms with Gasteiger partial charge in [0.15, 0.2) is 5.54 Å². The van der Waals surface area contributed by atoms with Gasteiger partial charge in [0.05, 0.1) is 6.61 Å². The number of nitrogens with two attached hydrogens (primary N) is 1. The Hall–Kier alpha value is -2.59. The first-order valence-corrected chi connectivity index (χ1v) is 9.01. The van der Waals surface area contributed by atoms with Crippen LogP contribution in [0, 0.1) is 6.92 Å². The quantitative estimate of drug-likeness (QED) is 0.734. The number of benzene rings is 1. The van der Waals surface area contributed by atoms with Crippen molar-refractivity contribution < 1.29 is 23.0 Å². The van der Waals surface area contributed by atoms with Crippen LogP contribution in [-0.4, -0.2) is 36.6 Å². The van der Waals surface area contributed by atoms with E-state index in [1.807, 2.05) is 0 Å². The molecule has 1 atom stereocenters. The molecule has 1 aliphatic heterocycles. The second kappa shape index (κ2) is 8.19. The Bertz CT molecular complexity index is 925. The normalized spacial score (nSPS) is 19.2. The van der Waals surface area contributed by atoms with E-state index in [4.69, 9.17) is 15.2 Å². The van der Waals surface area contributed by atoms with Crippen LogP contribution in [0.25, 0.3) is 0 Å². The third-order valence-corrected chi connectivity index (χ3v) is 4.50. The molecule has 1 unspecified atom stereocenters. The molecule has 0 spiro atoms. The van der Waals surface area contributed by atoms with E-state index < -0.39 is 18.1 Å². The summed E-state index contributed by atoms with van der Waals surface area (Å²) in [5.41, 5.74) is 4.76. The number of halogens is 3. The molecule has 0 saturated carbocycles. The number of aryl methyl sites for hydroxylation is 1. The van der Waals surface area contributed by atoms with Crippen LogP contribution in [0.3, 0.4) is 0 Å². The van der Waals surface area contributed by atoms with E-state index >= 15 is 0 Å². The van der Waals surface area contributed by atoms with Crippen molar-refractivity contribution in [3.63, 3.8) is 0 Å². The number of ether oxygens (including phenoxy) is 2. The highest BCUT2D eigenvalue weighted by Gasteiger charge is 2.44. The highest BCUT2D eigenvalue weighted by atomic mass is 79.9. The SMILES string of the molecule is Cc1cc(Br)cnc1OC(=O)Nc1cccc(C2(C(F)F)COCC(N)=N2)c1. The minimum absolute atomic E-state index is 0.00171. The maximum atomic E-state index is 13.8. The summed E-state index contributed by atoms with van der Waals surface area (Å²) >= 11 is 3.27. The molecule has 1 aliphatic rings. The Morgan fingerprint density at radius 2 is 2.21 bits per heavy atom. The van der Waals surface area contributed by atoms with Gasteiger partial charge in [-0.25, -0.2) is 18.6 Å². The highest BCUT2D eigenvalue weighted by molar-refractivity contribution is 9.10.